The number of non-ortho nitro benzene ring substituents is 1. The van der Waals surface area contributed by atoms with Crippen LogP contribution < -0.4 is 25.1 Å². The maximum Gasteiger partial charge on any atom is 0.269 e. The number of hydrazine groups is 1. The highest BCUT2D eigenvalue weighted by atomic mass is 32.1. The van der Waals surface area contributed by atoms with Gasteiger partial charge in [-0.1, -0.05) is 0 Å². The summed E-state index contributed by atoms with van der Waals surface area (Å²) in [4.78, 5) is 27.3. The number of nitrogens with zero attached hydrogens (tertiary/aromatic N) is 2. The zero-order valence-electron chi connectivity index (χ0n) is 17.0. The van der Waals surface area contributed by atoms with E-state index in [0.29, 0.717) is 40.2 Å². The summed E-state index contributed by atoms with van der Waals surface area (Å²) in [5.74, 6) is 0.749. The normalized spacial score (nSPS) is 10.3. The number of nitrogens with one attached hydrogen (secondary N) is 2. The Hall–Kier alpha value is -3.86. The molecular weight excluding hydrogens is 424 g/mol. The number of hydrogen-bond donors (Lipinski definition) is 2. The predicted octanol–water partition coefficient (Wildman–Crippen LogP) is 3.89. The van der Waals surface area contributed by atoms with E-state index in [1.54, 1.807) is 29.6 Å². The predicted molar refractivity (Wildman–Crippen MR) is 116 cm³/mol. The Morgan fingerprint density at radius 1 is 1.16 bits per heavy atom. The number of benzene rings is 2. The van der Waals surface area contributed by atoms with E-state index in [-0.39, 0.29) is 5.69 Å². The highest BCUT2D eigenvalue weighted by Crippen LogP contribution is 2.38. The van der Waals surface area contributed by atoms with Crippen LogP contribution in [-0.4, -0.2) is 36.6 Å². The smallest absolute Gasteiger partial charge is 0.269 e. The van der Waals surface area contributed by atoms with Crippen molar-refractivity contribution in [2.75, 3.05) is 26.3 Å². The van der Waals surface area contributed by atoms with Crippen molar-refractivity contribution in [1.29, 1.82) is 0 Å². The molecule has 1 amide bonds. The molecule has 3 rings (SSSR count). The van der Waals surface area contributed by atoms with Gasteiger partial charge in [-0.2, -0.15) is 0 Å². The molecule has 0 atom stereocenters. The first-order chi connectivity index (χ1) is 15.0. The molecule has 10 nitrogen and oxygen atoms in total. The first-order valence-electron chi connectivity index (χ1n) is 9.12. The number of rotatable bonds is 9. The molecule has 0 saturated carbocycles. The minimum atomic E-state index is -0.460. The Bertz CT molecular complexity index is 1060. The van der Waals surface area contributed by atoms with Crippen molar-refractivity contribution in [2.45, 2.75) is 6.92 Å². The van der Waals surface area contributed by atoms with Crippen molar-refractivity contribution in [3.8, 4) is 28.5 Å². The third-order valence-electron chi connectivity index (χ3n) is 4.17. The van der Waals surface area contributed by atoms with Gasteiger partial charge in [0.05, 0.1) is 31.4 Å². The number of aromatic nitrogens is 1. The third kappa shape index (κ3) is 5.01. The van der Waals surface area contributed by atoms with Crippen molar-refractivity contribution in [2.24, 2.45) is 0 Å². The van der Waals surface area contributed by atoms with E-state index in [9.17, 15) is 14.9 Å². The van der Waals surface area contributed by atoms with E-state index in [1.807, 2.05) is 6.92 Å². The lowest BCUT2D eigenvalue weighted by atomic mass is 10.1. The molecule has 31 heavy (non-hydrogen) atoms. The molecule has 2 aromatic carbocycles. The van der Waals surface area contributed by atoms with Crippen molar-refractivity contribution in [1.82, 2.24) is 10.4 Å². The third-order valence-corrected chi connectivity index (χ3v) is 4.93. The van der Waals surface area contributed by atoms with Gasteiger partial charge in [-0.25, -0.2) is 4.98 Å². The van der Waals surface area contributed by atoms with Crippen LogP contribution in [0.2, 0.25) is 0 Å². The Labute approximate surface area is 181 Å². The fourth-order valence-electron chi connectivity index (χ4n) is 2.70. The topological polar surface area (TPSA) is 125 Å². The molecule has 0 saturated heterocycles. The zero-order chi connectivity index (χ0) is 22.4. The van der Waals surface area contributed by atoms with Crippen LogP contribution in [0.15, 0.2) is 41.8 Å². The molecule has 162 valence electrons. The van der Waals surface area contributed by atoms with Crippen LogP contribution in [0.3, 0.4) is 0 Å². The van der Waals surface area contributed by atoms with Crippen LogP contribution in [0.4, 0.5) is 10.8 Å². The molecule has 0 fully saturated rings. The number of ether oxygens (including phenoxy) is 3. The summed E-state index contributed by atoms with van der Waals surface area (Å²) >= 11 is 1.28. The van der Waals surface area contributed by atoms with Gasteiger partial charge in [0.2, 0.25) is 10.9 Å². The highest BCUT2D eigenvalue weighted by Gasteiger charge is 2.18. The fourth-order valence-corrected chi connectivity index (χ4v) is 3.37. The number of thiazole rings is 1. The van der Waals surface area contributed by atoms with Crippen LogP contribution in [-0.2, 0) is 0 Å². The number of methoxy groups -OCH3 is 2. The number of carbonyl (C=O) groups is 1. The van der Waals surface area contributed by atoms with Gasteiger partial charge >= 0.3 is 0 Å². The number of anilines is 1. The second kappa shape index (κ2) is 9.76. The Morgan fingerprint density at radius 3 is 2.35 bits per heavy atom. The van der Waals surface area contributed by atoms with E-state index in [4.69, 9.17) is 14.2 Å². The molecule has 11 heteroatoms. The number of carbonyl (C=O) groups excluding carboxylic acids is 1. The minimum Gasteiger partial charge on any atom is -0.493 e. The monoisotopic (exact) mass is 444 g/mol. The largest absolute Gasteiger partial charge is 0.493 e. The van der Waals surface area contributed by atoms with Crippen molar-refractivity contribution in [3.05, 3.63) is 57.5 Å². The number of hydrogen-bond acceptors (Lipinski definition) is 9. The number of nitro benzene ring substituents is 1. The first-order valence-corrected chi connectivity index (χ1v) is 10.00. The van der Waals surface area contributed by atoms with Gasteiger partial charge in [-0.3, -0.25) is 25.8 Å². The average molecular weight is 444 g/mol. The van der Waals surface area contributed by atoms with Gasteiger partial charge in [-0.15, -0.1) is 11.3 Å². The van der Waals surface area contributed by atoms with Crippen LogP contribution >= 0.6 is 11.3 Å². The van der Waals surface area contributed by atoms with Gasteiger partial charge in [0.15, 0.2) is 11.5 Å². The fraction of sp³-hybridized carbons (Fsp3) is 0.200. The molecule has 0 bridgehead atoms. The van der Waals surface area contributed by atoms with Gasteiger partial charge in [0, 0.05) is 28.6 Å². The minimum absolute atomic E-state index is 0.00537. The van der Waals surface area contributed by atoms with E-state index < -0.39 is 10.8 Å². The summed E-state index contributed by atoms with van der Waals surface area (Å²) in [6.45, 7) is 2.25. The van der Waals surface area contributed by atoms with Crippen LogP contribution in [0.1, 0.15) is 17.3 Å². The molecule has 0 aliphatic carbocycles. The number of nitro groups is 1. The summed E-state index contributed by atoms with van der Waals surface area (Å²) < 4.78 is 16.2. The van der Waals surface area contributed by atoms with Crippen molar-refractivity contribution in [3.63, 3.8) is 0 Å². The molecule has 0 aliphatic rings. The van der Waals surface area contributed by atoms with Gasteiger partial charge in [-0.05, 0) is 31.2 Å². The maximum atomic E-state index is 12.6. The standard InChI is InChI=1S/C20H20N4O6S/c1-4-30-18-16(28-2)9-13(10-17(18)29-3)19(25)22-23-20-21-15(11-31-20)12-5-7-14(8-6-12)24(26)27/h5-11H,4H2,1-3H3,(H,21,23)(H,22,25). The molecule has 0 unspecified atom stereocenters. The molecule has 1 aromatic heterocycles. The van der Waals surface area contributed by atoms with E-state index >= 15 is 0 Å². The summed E-state index contributed by atoms with van der Waals surface area (Å²) in [6, 6.07) is 9.16. The van der Waals surface area contributed by atoms with Crippen LogP contribution in [0.25, 0.3) is 11.3 Å². The molecule has 0 spiro atoms. The highest BCUT2D eigenvalue weighted by molar-refractivity contribution is 7.14. The molecule has 2 N–H and O–H groups in total. The van der Waals surface area contributed by atoms with Crippen LogP contribution in [0.5, 0.6) is 17.2 Å². The number of amides is 1. The Kier molecular flexibility index (Phi) is 6.88. The first kappa shape index (κ1) is 21.8. The van der Waals surface area contributed by atoms with Gasteiger partial charge < -0.3 is 14.2 Å². The maximum absolute atomic E-state index is 12.6. The molecular formula is C20H20N4O6S. The van der Waals surface area contributed by atoms with Crippen molar-refractivity contribution < 1.29 is 23.9 Å². The van der Waals surface area contributed by atoms with Gasteiger partial charge in [0.1, 0.15) is 0 Å². The van der Waals surface area contributed by atoms with Gasteiger partial charge in [0.25, 0.3) is 11.6 Å². The summed E-state index contributed by atoms with van der Waals surface area (Å²) in [7, 11) is 2.96. The molecule has 1 heterocycles. The SMILES string of the molecule is CCOc1c(OC)cc(C(=O)NNc2nc(-c3ccc([N+](=O)[O-])cc3)cs2)cc1OC. The zero-order valence-corrected chi connectivity index (χ0v) is 17.8. The second-order valence-electron chi connectivity index (χ2n) is 6.06. The second-order valence-corrected chi connectivity index (χ2v) is 6.92. The van der Waals surface area contributed by atoms with E-state index in [2.05, 4.69) is 15.8 Å². The molecule has 0 radical (unpaired) electrons. The summed E-state index contributed by atoms with van der Waals surface area (Å²) in [5.41, 5.74) is 7.00. The Morgan fingerprint density at radius 2 is 1.81 bits per heavy atom. The lowest BCUT2D eigenvalue weighted by molar-refractivity contribution is -0.384. The van der Waals surface area contributed by atoms with E-state index in [1.165, 1.54) is 37.7 Å². The average Bonchev–Trinajstić information content (AvgIpc) is 3.26. The van der Waals surface area contributed by atoms with E-state index in [0.717, 1.165) is 5.56 Å². The molecule has 3 aromatic rings. The summed E-state index contributed by atoms with van der Waals surface area (Å²) in [6.07, 6.45) is 0. The lowest BCUT2D eigenvalue weighted by Crippen LogP contribution is -2.29. The van der Waals surface area contributed by atoms with Crippen LogP contribution in [0, 0.1) is 10.1 Å². The van der Waals surface area contributed by atoms with Crippen molar-refractivity contribution >= 4 is 28.1 Å². The Balaban J connectivity index is 1.70. The quantitative estimate of drug-likeness (QED) is 0.376. The lowest BCUT2D eigenvalue weighted by Gasteiger charge is -2.15. The summed E-state index contributed by atoms with van der Waals surface area (Å²) in [5, 5.41) is 13.0. The molecule has 0 aliphatic heterocycles.